The van der Waals surface area contributed by atoms with Crippen molar-refractivity contribution in [3.63, 3.8) is 0 Å². The number of aliphatic hydroxyl groups excluding tert-OH is 3. The Kier molecular flexibility index (Phi) is 6.96. The number of rotatable bonds is 6. The van der Waals surface area contributed by atoms with Crippen molar-refractivity contribution in [3.05, 3.63) is 64.2 Å². The molecule has 1 saturated heterocycles. The zero-order valence-electron chi connectivity index (χ0n) is 16.1. The summed E-state index contributed by atoms with van der Waals surface area (Å²) in [6, 6.07) is 13.4. The molecular formula is C22H27ClO5. The highest BCUT2D eigenvalue weighted by atomic mass is 35.5. The van der Waals surface area contributed by atoms with Crippen LogP contribution in [-0.2, 0) is 11.2 Å². The van der Waals surface area contributed by atoms with Crippen LogP contribution in [-0.4, -0.2) is 46.8 Å². The van der Waals surface area contributed by atoms with Gasteiger partial charge >= 0.3 is 0 Å². The van der Waals surface area contributed by atoms with Crippen molar-refractivity contribution in [2.45, 2.75) is 44.7 Å². The van der Waals surface area contributed by atoms with Crippen LogP contribution in [0.3, 0.4) is 0 Å². The smallest absolute Gasteiger partial charge is 0.119 e. The number of aliphatic hydroxyl groups is 3. The van der Waals surface area contributed by atoms with E-state index in [1.807, 2.05) is 43.3 Å². The maximum absolute atomic E-state index is 10.6. The second-order valence-electron chi connectivity index (χ2n) is 7.22. The van der Waals surface area contributed by atoms with Gasteiger partial charge in [0, 0.05) is 10.9 Å². The summed E-state index contributed by atoms with van der Waals surface area (Å²) in [6.45, 7) is 4.02. The third-order valence-corrected chi connectivity index (χ3v) is 5.67. The van der Waals surface area contributed by atoms with E-state index in [2.05, 4.69) is 0 Å². The summed E-state index contributed by atoms with van der Waals surface area (Å²) in [5.74, 6) is 0.411. The van der Waals surface area contributed by atoms with Crippen LogP contribution in [0.25, 0.3) is 0 Å². The van der Waals surface area contributed by atoms with Gasteiger partial charge in [-0.25, -0.2) is 0 Å². The van der Waals surface area contributed by atoms with Gasteiger partial charge in [0.15, 0.2) is 0 Å². The van der Waals surface area contributed by atoms with Gasteiger partial charge < -0.3 is 24.8 Å². The van der Waals surface area contributed by atoms with Gasteiger partial charge in [0.05, 0.1) is 25.4 Å². The summed E-state index contributed by atoms with van der Waals surface area (Å²) >= 11 is 6.40. The van der Waals surface area contributed by atoms with Crippen molar-refractivity contribution in [2.24, 2.45) is 5.92 Å². The molecule has 0 aliphatic carbocycles. The van der Waals surface area contributed by atoms with E-state index >= 15 is 0 Å². The molecule has 28 heavy (non-hydrogen) atoms. The lowest BCUT2D eigenvalue weighted by atomic mass is 9.84. The first-order valence-electron chi connectivity index (χ1n) is 9.57. The molecular weight excluding hydrogens is 380 g/mol. The Bertz CT molecular complexity index is 777. The van der Waals surface area contributed by atoms with Crippen molar-refractivity contribution in [2.75, 3.05) is 13.2 Å². The van der Waals surface area contributed by atoms with Crippen LogP contribution in [0.1, 0.15) is 36.6 Å². The van der Waals surface area contributed by atoms with Gasteiger partial charge in [-0.2, -0.15) is 0 Å². The van der Waals surface area contributed by atoms with Crippen LogP contribution in [0.5, 0.6) is 5.75 Å². The summed E-state index contributed by atoms with van der Waals surface area (Å²) in [5, 5.41) is 30.9. The summed E-state index contributed by atoms with van der Waals surface area (Å²) in [6.07, 6.45) is -2.52. The topological polar surface area (TPSA) is 79.2 Å². The molecule has 3 rings (SSSR count). The van der Waals surface area contributed by atoms with Crippen molar-refractivity contribution in [3.8, 4) is 5.75 Å². The van der Waals surface area contributed by atoms with Gasteiger partial charge in [-0.3, -0.25) is 0 Å². The number of ether oxygens (including phenoxy) is 2. The molecule has 1 aliphatic rings. The molecule has 0 spiro atoms. The fourth-order valence-electron chi connectivity index (χ4n) is 3.59. The van der Waals surface area contributed by atoms with Gasteiger partial charge in [0.2, 0.25) is 0 Å². The van der Waals surface area contributed by atoms with Gasteiger partial charge in [-0.15, -0.1) is 0 Å². The number of benzene rings is 2. The normalized spacial score (nSPS) is 27.6. The van der Waals surface area contributed by atoms with Crippen LogP contribution < -0.4 is 4.74 Å². The lowest BCUT2D eigenvalue weighted by Gasteiger charge is -2.41. The minimum atomic E-state index is -0.910. The van der Waals surface area contributed by atoms with E-state index < -0.39 is 30.3 Å². The number of hydrogen-bond acceptors (Lipinski definition) is 5. The van der Waals surface area contributed by atoms with Crippen LogP contribution in [0.2, 0.25) is 5.02 Å². The zero-order chi connectivity index (χ0) is 20.3. The van der Waals surface area contributed by atoms with Crippen molar-refractivity contribution in [1.29, 1.82) is 0 Å². The van der Waals surface area contributed by atoms with E-state index in [0.717, 1.165) is 22.4 Å². The van der Waals surface area contributed by atoms with Crippen LogP contribution >= 0.6 is 11.6 Å². The Morgan fingerprint density at radius 1 is 1.07 bits per heavy atom. The highest BCUT2D eigenvalue weighted by Gasteiger charge is 2.42. The third kappa shape index (κ3) is 4.50. The minimum absolute atomic E-state index is 0.304. The van der Waals surface area contributed by atoms with Crippen molar-refractivity contribution < 1.29 is 24.8 Å². The molecule has 3 N–H and O–H groups in total. The summed E-state index contributed by atoms with van der Waals surface area (Å²) in [4.78, 5) is 0. The second-order valence-corrected chi connectivity index (χ2v) is 7.63. The molecule has 1 aliphatic heterocycles. The molecule has 0 saturated carbocycles. The van der Waals surface area contributed by atoms with E-state index in [4.69, 9.17) is 21.1 Å². The first kappa shape index (κ1) is 21.1. The van der Waals surface area contributed by atoms with Crippen LogP contribution in [0, 0.1) is 5.92 Å². The third-order valence-electron chi connectivity index (χ3n) is 5.30. The van der Waals surface area contributed by atoms with E-state index in [-0.39, 0.29) is 6.61 Å². The summed E-state index contributed by atoms with van der Waals surface area (Å²) < 4.78 is 11.3. The molecule has 0 amide bonds. The summed E-state index contributed by atoms with van der Waals surface area (Å²) in [7, 11) is 0. The van der Waals surface area contributed by atoms with E-state index in [1.54, 1.807) is 13.0 Å². The Balaban J connectivity index is 1.82. The predicted octanol–water partition coefficient (Wildman–Crippen LogP) is 3.12. The highest BCUT2D eigenvalue weighted by molar-refractivity contribution is 6.31. The minimum Gasteiger partial charge on any atom is -0.494 e. The predicted molar refractivity (Wildman–Crippen MR) is 108 cm³/mol. The first-order valence-corrected chi connectivity index (χ1v) is 9.94. The largest absolute Gasteiger partial charge is 0.494 e. The van der Waals surface area contributed by atoms with E-state index in [0.29, 0.717) is 18.1 Å². The molecule has 6 heteroatoms. The molecule has 1 fully saturated rings. The molecule has 2 aromatic carbocycles. The Morgan fingerprint density at radius 3 is 2.43 bits per heavy atom. The van der Waals surface area contributed by atoms with Crippen molar-refractivity contribution in [1.82, 2.24) is 0 Å². The Labute approximate surface area is 170 Å². The van der Waals surface area contributed by atoms with Crippen molar-refractivity contribution >= 4 is 11.6 Å². The molecule has 5 atom stereocenters. The van der Waals surface area contributed by atoms with Crippen LogP contribution in [0.4, 0.5) is 0 Å². The van der Waals surface area contributed by atoms with Gasteiger partial charge in [-0.1, -0.05) is 42.8 Å². The molecule has 1 heterocycles. The maximum atomic E-state index is 10.6. The zero-order valence-corrected chi connectivity index (χ0v) is 16.8. The number of halogens is 1. The Morgan fingerprint density at radius 2 is 1.79 bits per heavy atom. The van der Waals surface area contributed by atoms with Gasteiger partial charge in [0.1, 0.15) is 18.0 Å². The molecule has 0 unspecified atom stereocenters. The standard InChI is InChI=1S/C22H27ClO5/c1-3-27-17-7-4-14(5-8-17)10-16-11-15(6-9-18(16)23)22-21(26)13(2)20(25)19(12-24)28-22/h4-9,11,13,19-22,24-26H,3,10,12H2,1-2H3/t13-,19+,20-,21+,22-/m0/s1. The first-order chi connectivity index (χ1) is 13.4. The SMILES string of the molecule is CCOc1ccc(Cc2cc([C@@H]3O[C@H](CO)[C@@H](O)[C@H](C)[C@H]3O)ccc2Cl)cc1. The van der Waals surface area contributed by atoms with E-state index in [1.165, 1.54) is 0 Å². The monoisotopic (exact) mass is 406 g/mol. The molecule has 0 aromatic heterocycles. The molecule has 0 bridgehead atoms. The number of hydrogen-bond donors (Lipinski definition) is 3. The second kappa shape index (κ2) is 9.25. The average Bonchev–Trinajstić information content (AvgIpc) is 2.70. The quantitative estimate of drug-likeness (QED) is 0.687. The van der Waals surface area contributed by atoms with Gasteiger partial charge in [0.25, 0.3) is 0 Å². The summed E-state index contributed by atoms with van der Waals surface area (Å²) in [5.41, 5.74) is 2.78. The fourth-order valence-corrected chi connectivity index (χ4v) is 3.77. The molecule has 0 radical (unpaired) electrons. The highest BCUT2D eigenvalue weighted by Crippen LogP contribution is 2.37. The molecule has 152 valence electrons. The lowest BCUT2D eigenvalue weighted by Crippen LogP contribution is -2.50. The lowest BCUT2D eigenvalue weighted by molar-refractivity contribution is -0.207. The van der Waals surface area contributed by atoms with Crippen LogP contribution in [0.15, 0.2) is 42.5 Å². The Hall–Kier alpha value is -1.63. The maximum Gasteiger partial charge on any atom is 0.119 e. The van der Waals surface area contributed by atoms with E-state index in [9.17, 15) is 15.3 Å². The average molecular weight is 407 g/mol. The molecule has 2 aromatic rings. The fraction of sp³-hybridized carbons (Fsp3) is 0.455. The molecule has 5 nitrogen and oxygen atoms in total. The van der Waals surface area contributed by atoms with Gasteiger partial charge in [-0.05, 0) is 48.2 Å².